The Morgan fingerprint density at radius 2 is 1.57 bits per heavy atom. The molecule has 0 aliphatic heterocycles. The molecule has 0 amide bonds. The Kier molecular flexibility index (Phi) is 4.16. The SMILES string of the molecule is Cc1ccc(-n2c(C)cc(C=Nc3ccccc3)c2C)cc1C. The molecule has 2 heteroatoms. The van der Waals surface area contributed by atoms with Crippen molar-refractivity contribution in [3.8, 4) is 5.69 Å². The Bertz CT molecular complexity index is 855. The molecule has 2 aromatic carbocycles. The third-order valence-corrected chi connectivity index (χ3v) is 4.33. The van der Waals surface area contributed by atoms with E-state index < -0.39 is 0 Å². The summed E-state index contributed by atoms with van der Waals surface area (Å²) in [6.45, 7) is 8.59. The molecule has 0 radical (unpaired) electrons. The molecule has 2 nitrogen and oxygen atoms in total. The van der Waals surface area contributed by atoms with E-state index in [2.05, 4.69) is 61.5 Å². The van der Waals surface area contributed by atoms with E-state index in [1.54, 1.807) is 0 Å². The molecule has 116 valence electrons. The van der Waals surface area contributed by atoms with Crippen LogP contribution in [0.2, 0.25) is 0 Å². The fourth-order valence-corrected chi connectivity index (χ4v) is 2.84. The van der Waals surface area contributed by atoms with Crippen LogP contribution in [0.5, 0.6) is 0 Å². The van der Waals surface area contributed by atoms with Crippen LogP contribution in [0.4, 0.5) is 5.69 Å². The number of aliphatic imine (C=N–C) groups is 1. The summed E-state index contributed by atoms with van der Waals surface area (Å²) in [6.07, 6.45) is 1.95. The molecule has 0 aliphatic carbocycles. The standard InChI is InChI=1S/C21H22N2/c1-15-10-11-21(12-16(15)2)23-17(3)13-19(18(23)4)14-22-20-8-6-5-7-9-20/h5-14H,1-4H3. The highest BCUT2D eigenvalue weighted by Crippen LogP contribution is 2.22. The first-order valence-electron chi connectivity index (χ1n) is 7.92. The van der Waals surface area contributed by atoms with E-state index in [1.165, 1.54) is 28.2 Å². The van der Waals surface area contributed by atoms with E-state index in [0.717, 1.165) is 11.3 Å². The number of hydrogen-bond donors (Lipinski definition) is 0. The minimum atomic E-state index is 0.975. The summed E-state index contributed by atoms with van der Waals surface area (Å²) in [6, 6.07) is 18.8. The second-order valence-electron chi connectivity index (χ2n) is 6.02. The van der Waals surface area contributed by atoms with Crippen molar-refractivity contribution in [3.63, 3.8) is 0 Å². The fraction of sp³-hybridized carbons (Fsp3) is 0.190. The Morgan fingerprint density at radius 3 is 2.26 bits per heavy atom. The molecule has 0 spiro atoms. The van der Waals surface area contributed by atoms with Gasteiger partial charge in [-0.1, -0.05) is 24.3 Å². The molecule has 0 fully saturated rings. The maximum atomic E-state index is 4.58. The normalized spacial score (nSPS) is 11.3. The minimum absolute atomic E-state index is 0.975. The van der Waals surface area contributed by atoms with Crippen molar-refractivity contribution in [3.05, 3.63) is 82.7 Å². The smallest absolute Gasteiger partial charge is 0.0629 e. The van der Waals surface area contributed by atoms with Crippen LogP contribution in [-0.2, 0) is 0 Å². The van der Waals surface area contributed by atoms with Crippen molar-refractivity contribution in [1.82, 2.24) is 4.57 Å². The van der Waals surface area contributed by atoms with E-state index in [1.807, 2.05) is 36.5 Å². The van der Waals surface area contributed by atoms with Crippen LogP contribution in [-0.4, -0.2) is 10.8 Å². The molecule has 3 aromatic rings. The van der Waals surface area contributed by atoms with Crippen molar-refractivity contribution in [2.24, 2.45) is 4.99 Å². The van der Waals surface area contributed by atoms with Gasteiger partial charge in [-0.15, -0.1) is 0 Å². The van der Waals surface area contributed by atoms with Crippen LogP contribution in [0.1, 0.15) is 28.1 Å². The first-order chi connectivity index (χ1) is 11.1. The van der Waals surface area contributed by atoms with Gasteiger partial charge in [-0.05, 0) is 69.2 Å². The van der Waals surface area contributed by atoms with Crippen molar-refractivity contribution >= 4 is 11.9 Å². The molecule has 1 heterocycles. The van der Waals surface area contributed by atoms with E-state index in [9.17, 15) is 0 Å². The van der Waals surface area contributed by atoms with E-state index in [0.29, 0.717) is 0 Å². The fourth-order valence-electron chi connectivity index (χ4n) is 2.84. The Morgan fingerprint density at radius 1 is 0.826 bits per heavy atom. The predicted molar refractivity (Wildman–Crippen MR) is 98.4 cm³/mol. The second-order valence-corrected chi connectivity index (χ2v) is 6.02. The molecule has 0 N–H and O–H groups in total. The second kappa shape index (κ2) is 6.25. The molecule has 23 heavy (non-hydrogen) atoms. The summed E-state index contributed by atoms with van der Waals surface area (Å²) in [5.74, 6) is 0. The van der Waals surface area contributed by atoms with Crippen LogP contribution in [0.3, 0.4) is 0 Å². The summed E-state index contributed by atoms with van der Waals surface area (Å²) < 4.78 is 2.29. The van der Waals surface area contributed by atoms with E-state index >= 15 is 0 Å². The first kappa shape index (κ1) is 15.3. The van der Waals surface area contributed by atoms with E-state index in [4.69, 9.17) is 0 Å². The molecular weight excluding hydrogens is 280 g/mol. The number of nitrogens with zero attached hydrogens (tertiary/aromatic N) is 2. The van der Waals surface area contributed by atoms with Crippen molar-refractivity contribution in [2.45, 2.75) is 27.7 Å². The largest absolute Gasteiger partial charge is 0.318 e. The highest BCUT2D eigenvalue weighted by atomic mass is 15.0. The maximum absolute atomic E-state index is 4.58. The molecule has 1 aromatic heterocycles. The highest BCUT2D eigenvalue weighted by molar-refractivity contribution is 5.84. The van der Waals surface area contributed by atoms with Gasteiger partial charge in [0.25, 0.3) is 0 Å². The van der Waals surface area contributed by atoms with Crippen LogP contribution >= 0.6 is 0 Å². The quantitative estimate of drug-likeness (QED) is 0.571. The average molecular weight is 302 g/mol. The summed E-state index contributed by atoms with van der Waals surface area (Å²) in [7, 11) is 0. The van der Waals surface area contributed by atoms with Gasteiger partial charge in [0, 0.05) is 28.9 Å². The number of aryl methyl sites for hydroxylation is 3. The molecule has 0 saturated carbocycles. The lowest BCUT2D eigenvalue weighted by Crippen LogP contribution is -2.00. The van der Waals surface area contributed by atoms with Gasteiger partial charge >= 0.3 is 0 Å². The summed E-state index contributed by atoms with van der Waals surface area (Å²) in [5, 5.41) is 0. The zero-order chi connectivity index (χ0) is 16.4. The van der Waals surface area contributed by atoms with Crippen LogP contribution in [0.25, 0.3) is 5.69 Å². The molecular formula is C21H22N2. The Balaban J connectivity index is 1.99. The Hall–Kier alpha value is -2.61. The van der Waals surface area contributed by atoms with Gasteiger partial charge in [-0.25, -0.2) is 0 Å². The molecule has 0 saturated heterocycles. The van der Waals surface area contributed by atoms with Crippen molar-refractivity contribution < 1.29 is 0 Å². The summed E-state index contributed by atoms with van der Waals surface area (Å²) in [4.78, 5) is 4.58. The molecule has 0 atom stereocenters. The average Bonchev–Trinajstić information content (AvgIpc) is 2.83. The lowest BCUT2D eigenvalue weighted by Gasteiger charge is -2.11. The van der Waals surface area contributed by atoms with Crippen LogP contribution < -0.4 is 0 Å². The van der Waals surface area contributed by atoms with E-state index in [-0.39, 0.29) is 0 Å². The number of para-hydroxylation sites is 1. The third-order valence-electron chi connectivity index (χ3n) is 4.33. The minimum Gasteiger partial charge on any atom is -0.318 e. The molecule has 3 rings (SSSR count). The highest BCUT2D eigenvalue weighted by Gasteiger charge is 2.10. The van der Waals surface area contributed by atoms with Crippen LogP contribution in [0, 0.1) is 27.7 Å². The number of hydrogen-bond acceptors (Lipinski definition) is 1. The van der Waals surface area contributed by atoms with Crippen molar-refractivity contribution in [2.75, 3.05) is 0 Å². The number of aromatic nitrogens is 1. The number of benzene rings is 2. The number of rotatable bonds is 3. The Labute approximate surface area is 138 Å². The topological polar surface area (TPSA) is 17.3 Å². The lowest BCUT2D eigenvalue weighted by atomic mass is 10.1. The van der Waals surface area contributed by atoms with Gasteiger partial charge in [0.15, 0.2) is 0 Å². The third kappa shape index (κ3) is 3.11. The first-order valence-corrected chi connectivity index (χ1v) is 7.92. The van der Waals surface area contributed by atoms with Gasteiger partial charge in [0.1, 0.15) is 0 Å². The van der Waals surface area contributed by atoms with Gasteiger partial charge in [-0.2, -0.15) is 0 Å². The summed E-state index contributed by atoms with van der Waals surface area (Å²) in [5.41, 5.74) is 8.41. The molecule has 0 bridgehead atoms. The monoisotopic (exact) mass is 302 g/mol. The summed E-state index contributed by atoms with van der Waals surface area (Å²) >= 11 is 0. The zero-order valence-corrected chi connectivity index (χ0v) is 14.2. The van der Waals surface area contributed by atoms with Gasteiger partial charge < -0.3 is 4.57 Å². The molecule has 0 aliphatic rings. The van der Waals surface area contributed by atoms with Crippen LogP contribution in [0.15, 0.2) is 59.6 Å². The van der Waals surface area contributed by atoms with Crippen molar-refractivity contribution in [1.29, 1.82) is 0 Å². The molecule has 0 unspecified atom stereocenters. The zero-order valence-electron chi connectivity index (χ0n) is 14.2. The van der Waals surface area contributed by atoms with Gasteiger partial charge in [-0.3, -0.25) is 4.99 Å². The maximum Gasteiger partial charge on any atom is 0.0629 e. The lowest BCUT2D eigenvalue weighted by molar-refractivity contribution is 0.961. The van der Waals surface area contributed by atoms with Gasteiger partial charge in [0.2, 0.25) is 0 Å². The predicted octanol–water partition coefficient (Wildman–Crippen LogP) is 5.46. The van der Waals surface area contributed by atoms with Gasteiger partial charge in [0.05, 0.1) is 5.69 Å².